The highest BCUT2D eigenvalue weighted by atomic mass is 19.4. The highest BCUT2D eigenvalue weighted by molar-refractivity contribution is 6.00. The molecule has 0 aromatic heterocycles. The quantitative estimate of drug-likeness (QED) is 0.871. The van der Waals surface area contributed by atoms with E-state index in [4.69, 9.17) is 0 Å². The Balaban J connectivity index is 2.13. The lowest BCUT2D eigenvalue weighted by Crippen LogP contribution is -2.61. The maximum atomic E-state index is 12.6. The summed E-state index contributed by atoms with van der Waals surface area (Å²) >= 11 is 0. The third-order valence-corrected chi connectivity index (χ3v) is 4.35. The molecule has 4 nitrogen and oxygen atoms in total. The van der Waals surface area contributed by atoms with Crippen LogP contribution < -0.4 is 5.32 Å². The molecule has 7 heteroatoms. The molecule has 0 radical (unpaired) electrons. The Bertz CT molecular complexity index is 440. The summed E-state index contributed by atoms with van der Waals surface area (Å²) in [6, 6.07) is -0.576. The number of halogens is 3. The lowest BCUT2D eigenvalue weighted by atomic mass is 9.81. The van der Waals surface area contributed by atoms with Gasteiger partial charge in [-0.1, -0.05) is 26.7 Å². The van der Waals surface area contributed by atoms with Gasteiger partial charge in [0.15, 0.2) is 0 Å². The van der Waals surface area contributed by atoms with E-state index < -0.39 is 29.5 Å². The topological polar surface area (TPSA) is 49.4 Å². The minimum absolute atomic E-state index is 0.209. The molecule has 0 aromatic carbocycles. The molecule has 0 bridgehead atoms. The molecule has 1 saturated carbocycles. The Labute approximate surface area is 122 Å². The van der Waals surface area contributed by atoms with E-state index in [0.717, 1.165) is 17.7 Å². The molecule has 1 aliphatic heterocycles. The molecule has 2 fully saturated rings. The average molecular weight is 306 g/mol. The van der Waals surface area contributed by atoms with E-state index in [1.807, 2.05) is 0 Å². The van der Waals surface area contributed by atoms with Gasteiger partial charge in [-0.05, 0) is 18.3 Å². The first kappa shape index (κ1) is 16.1. The number of rotatable bonds is 3. The summed E-state index contributed by atoms with van der Waals surface area (Å²) in [5.74, 6) is -0.306. The number of hydrogen-bond acceptors (Lipinski definition) is 2. The lowest BCUT2D eigenvalue weighted by Gasteiger charge is -2.41. The van der Waals surface area contributed by atoms with E-state index in [1.54, 1.807) is 0 Å². The van der Waals surface area contributed by atoms with Crippen molar-refractivity contribution in [3.05, 3.63) is 0 Å². The van der Waals surface area contributed by atoms with E-state index in [1.165, 1.54) is 13.8 Å². The number of nitrogens with one attached hydrogen (secondary N) is 1. The van der Waals surface area contributed by atoms with Crippen LogP contribution in [-0.4, -0.2) is 36.1 Å². The van der Waals surface area contributed by atoms with Gasteiger partial charge in [0.1, 0.15) is 0 Å². The highest BCUT2D eigenvalue weighted by Gasteiger charge is 2.50. The first-order chi connectivity index (χ1) is 9.55. The molecular weight excluding hydrogens is 285 g/mol. The summed E-state index contributed by atoms with van der Waals surface area (Å²) in [4.78, 5) is 25.5. The highest BCUT2D eigenvalue weighted by Crippen LogP contribution is 2.42. The van der Waals surface area contributed by atoms with Crippen LogP contribution in [0.4, 0.5) is 18.0 Å². The Morgan fingerprint density at radius 3 is 2.29 bits per heavy atom. The lowest BCUT2D eigenvalue weighted by molar-refractivity contribution is -0.160. The Morgan fingerprint density at radius 2 is 1.76 bits per heavy atom. The Kier molecular flexibility index (Phi) is 3.97. The first-order valence-electron chi connectivity index (χ1n) is 7.21. The molecule has 1 spiro atoms. The van der Waals surface area contributed by atoms with Gasteiger partial charge in [-0.15, -0.1) is 0 Å². The Hall–Kier alpha value is -1.27. The van der Waals surface area contributed by atoms with Crippen molar-refractivity contribution in [1.82, 2.24) is 10.2 Å². The molecule has 2 rings (SSSR count). The number of carbonyl (C=O) groups is 2. The number of alkyl halides is 3. The molecule has 3 amide bonds. The zero-order chi connectivity index (χ0) is 15.9. The number of carbonyl (C=O) groups excluding carboxylic acids is 2. The van der Waals surface area contributed by atoms with Gasteiger partial charge < -0.3 is 5.32 Å². The van der Waals surface area contributed by atoms with Crippen LogP contribution in [-0.2, 0) is 4.79 Å². The van der Waals surface area contributed by atoms with E-state index >= 15 is 0 Å². The van der Waals surface area contributed by atoms with Gasteiger partial charge in [0.05, 0.1) is 11.8 Å². The van der Waals surface area contributed by atoms with Crippen LogP contribution in [0.1, 0.15) is 46.0 Å². The maximum absolute atomic E-state index is 12.6. The second-order valence-electron chi connectivity index (χ2n) is 6.99. The molecular formula is C14H21F3N2O2. The summed E-state index contributed by atoms with van der Waals surface area (Å²) in [6.45, 7) is 2.95. The molecule has 0 aromatic rings. The summed E-state index contributed by atoms with van der Waals surface area (Å²) in [5.41, 5.74) is -1.79. The number of imide groups is 1. The number of urea groups is 1. The van der Waals surface area contributed by atoms with E-state index in [-0.39, 0.29) is 12.5 Å². The van der Waals surface area contributed by atoms with Crippen LogP contribution >= 0.6 is 0 Å². The zero-order valence-electron chi connectivity index (χ0n) is 12.3. The van der Waals surface area contributed by atoms with Crippen molar-refractivity contribution in [3.63, 3.8) is 0 Å². The largest absolute Gasteiger partial charge is 0.389 e. The normalized spacial score (nSPS) is 22.8. The fourth-order valence-electron chi connectivity index (χ4n) is 3.41. The van der Waals surface area contributed by atoms with Crippen LogP contribution in [0.25, 0.3) is 0 Å². The van der Waals surface area contributed by atoms with Gasteiger partial charge in [0, 0.05) is 13.1 Å². The molecule has 1 aliphatic carbocycles. The molecule has 1 saturated heterocycles. The molecule has 1 heterocycles. The fourth-order valence-corrected chi connectivity index (χ4v) is 3.41. The first-order valence-corrected chi connectivity index (χ1v) is 7.21. The minimum atomic E-state index is -4.32. The van der Waals surface area contributed by atoms with E-state index in [0.29, 0.717) is 19.4 Å². The van der Waals surface area contributed by atoms with Crippen molar-refractivity contribution in [1.29, 1.82) is 0 Å². The second kappa shape index (κ2) is 5.18. The van der Waals surface area contributed by atoms with Crippen LogP contribution in [0, 0.1) is 10.8 Å². The molecule has 0 unspecified atom stereocenters. The van der Waals surface area contributed by atoms with Gasteiger partial charge in [0.25, 0.3) is 0 Å². The van der Waals surface area contributed by atoms with Gasteiger partial charge in [0.2, 0.25) is 5.91 Å². The standard InChI is InChI=1S/C14H21F3N2O2/c1-12(2,7-14(15,16)17)9-19-10(20)13(5-3-4-6-13)8-18-11(19)21/h3-9H2,1-2H3,(H,18,21). The van der Waals surface area contributed by atoms with Gasteiger partial charge >= 0.3 is 12.2 Å². The van der Waals surface area contributed by atoms with Crippen molar-refractivity contribution in [3.8, 4) is 0 Å². The van der Waals surface area contributed by atoms with Crippen LogP contribution in [0.5, 0.6) is 0 Å². The van der Waals surface area contributed by atoms with Crippen LogP contribution in [0.15, 0.2) is 0 Å². The molecule has 0 atom stereocenters. The minimum Gasteiger partial charge on any atom is -0.337 e. The smallest absolute Gasteiger partial charge is 0.337 e. The van der Waals surface area contributed by atoms with Crippen molar-refractivity contribution >= 4 is 11.9 Å². The van der Waals surface area contributed by atoms with Crippen molar-refractivity contribution in [2.24, 2.45) is 10.8 Å². The number of amides is 3. The zero-order valence-corrected chi connectivity index (χ0v) is 12.3. The third kappa shape index (κ3) is 3.49. The molecule has 120 valence electrons. The molecule has 21 heavy (non-hydrogen) atoms. The second-order valence-corrected chi connectivity index (χ2v) is 6.99. The van der Waals surface area contributed by atoms with Gasteiger partial charge in [-0.2, -0.15) is 13.2 Å². The van der Waals surface area contributed by atoms with Crippen molar-refractivity contribution in [2.75, 3.05) is 13.1 Å². The average Bonchev–Trinajstić information content (AvgIpc) is 2.77. The number of hydrogen-bond donors (Lipinski definition) is 1. The van der Waals surface area contributed by atoms with Crippen molar-refractivity contribution < 1.29 is 22.8 Å². The van der Waals surface area contributed by atoms with Crippen LogP contribution in [0.2, 0.25) is 0 Å². The summed E-state index contributed by atoms with van der Waals surface area (Å²) in [7, 11) is 0. The Morgan fingerprint density at radius 1 is 1.19 bits per heavy atom. The van der Waals surface area contributed by atoms with Gasteiger partial charge in [-0.25, -0.2) is 4.79 Å². The van der Waals surface area contributed by atoms with Crippen LogP contribution in [0.3, 0.4) is 0 Å². The van der Waals surface area contributed by atoms with Crippen molar-refractivity contribution in [2.45, 2.75) is 52.1 Å². The van der Waals surface area contributed by atoms with Gasteiger partial charge in [-0.3, -0.25) is 9.69 Å². The fraction of sp³-hybridized carbons (Fsp3) is 0.857. The summed E-state index contributed by atoms with van der Waals surface area (Å²) < 4.78 is 37.8. The third-order valence-electron chi connectivity index (χ3n) is 4.35. The predicted octanol–water partition coefficient (Wildman–Crippen LogP) is 3.08. The summed E-state index contributed by atoms with van der Waals surface area (Å²) in [5, 5.41) is 2.67. The van der Waals surface area contributed by atoms with E-state index in [2.05, 4.69) is 5.32 Å². The predicted molar refractivity (Wildman–Crippen MR) is 70.5 cm³/mol. The number of nitrogens with zero attached hydrogens (tertiary/aromatic N) is 1. The maximum Gasteiger partial charge on any atom is 0.389 e. The monoisotopic (exact) mass is 306 g/mol. The van der Waals surface area contributed by atoms with E-state index in [9.17, 15) is 22.8 Å². The SMILES string of the molecule is CC(C)(CN1C(=O)NCC2(CCCC2)C1=O)CC(F)(F)F. The molecule has 1 N–H and O–H groups in total. The molecule has 2 aliphatic rings. The summed E-state index contributed by atoms with van der Waals surface area (Å²) in [6.07, 6.45) is -2.11.